The van der Waals surface area contributed by atoms with Gasteiger partial charge in [-0.25, -0.2) is 0 Å². The number of halogens is 1. The normalized spacial score (nSPS) is 11.9. The maximum absolute atomic E-state index is 9.85. The number of anilines is 1. The summed E-state index contributed by atoms with van der Waals surface area (Å²) in [6, 6.07) is 12.6. The molecule has 0 radical (unpaired) electrons. The molecule has 0 aromatic heterocycles. The van der Waals surface area contributed by atoms with E-state index in [1.165, 1.54) is 0 Å². The van der Waals surface area contributed by atoms with Gasteiger partial charge in [-0.1, -0.05) is 11.6 Å². The molecule has 19 heavy (non-hydrogen) atoms. The van der Waals surface area contributed by atoms with Gasteiger partial charge in [-0.05, 0) is 49.4 Å². The molecular formula is C15H16ClNO2. The van der Waals surface area contributed by atoms with Gasteiger partial charge in [-0.2, -0.15) is 0 Å². The predicted octanol–water partition coefficient (Wildman–Crippen LogP) is 4.23. The molecule has 0 spiro atoms. The Hall–Kier alpha value is -1.87. The van der Waals surface area contributed by atoms with Crippen LogP contribution in [0.15, 0.2) is 42.5 Å². The highest BCUT2D eigenvalue weighted by molar-refractivity contribution is 6.30. The second-order valence-corrected chi connectivity index (χ2v) is 4.73. The van der Waals surface area contributed by atoms with Crippen LogP contribution in [0.25, 0.3) is 0 Å². The van der Waals surface area contributed by atoms with Crippen LogP contribution in [-0.2, 0) is 0 Å². The molecule has 100 valence electrons. The van der Waals surface area contributed by atoms with Crippen molar-refractivity contribution in [2.45, 2.75) is 13.0 Å². The molecule has 0 aliphatic rings. The van der Waals surface area contributed by atoms with Crippen molar-refractivity contribution in [3.63, 3.8) is 0 Å². The van der Waals surface area contributed by atoms with Gasteiger partial charge < -0.3 is 15.2 Å². The third-order valence-electron chi connectivity index (χ3n) is 2.93. The average molecular weight is 278 g/mol. The van der Waals surface area contributed by atoms with Crippen molar-refractivity contribution >= 4 is 17.3 Å². The van der Waals surface area contributed by atoms with Crippen molar-refractivity contribution in [1.82, 2.24) is 0 Å². The van der Waals surface area contributed by atoms with Crippen LogP contribution in [0.4, 0.5) is 5.69 Å². The zero-order chi connectivity index (χ0) is 13.8. The Bertz CT molecular complexity index is 555. The first-order valence-corrected chi connectivity index (χ1v) is 6.37. The van der Waals surface area contributed by atoms with E-state index in [4.69, 9.17) is 16.3 Å². The summed E-state index contributed by atoms with van der Waals surface area (Å²) in [6.07, 6.45) is 0. The van der Waals surface area contributed by atoms with E-state index in [2.05, 4.69) is 5.32 Å². The average Bonchev–Trinajstić information content (AvgIpc) is 2.42. The van der Waals surface area contributed by atoms with Gasteiger partial charge >= 0.3 is 0 Å². The summed E-state index contributed by atoms with van der Waals surface area (Å²) in [5, 5.41) is 13.8. The lowest BCUT2D eigenvalue weighted by molar-refractivity contribution is 0.415. The quantitative estimate of drug-likeness (QED) is 0.879. The Morgan fingerprint density at radius 1 is 1.16 bits per heavy atom. The summed E-state index contributed by atoms with van der Waals surface area (Å²) >= 11 is 5.95. The molecule has 0 fully saturated rings. The van der Waals surface area contributed by atoms with Crippen LogP contribution < -0.4 is 10.1 Å². The number of nitrogens with one attached hydrogen (secondary N) is 1. The van der Waals surface area contributed by atoms with Gasteiger partial charge in [0.15, 0.2) is 0 Å². The number of benzene rings is 2. The summed E-state index contributed by atoms with van der Waals surface area (Å²) in [5.41, 5.74) is 1.72. The molecule has 4 heteroatoms. The largest absolute Gasteiger partial charge is 0.508 e. The molecule has 0 aliphatic carbocycles. The molecule has 2 rings (SSSR count). The van der Waals surface area contributed by atoms with E-state index in [0.717, 1.165) is 17.0 Å². The van der Waals surface area contributed by atoms with Gasteiger partial charge in [-0.3, -0.25) is 0 Å². The molecule has 2 aromatic carbocycles. The Morgan fingerprint density at radius 3 is 2.47 bits per heavy atom. The third-order valence-corrected chi connectivity index (χ3v) is 3.16. The standard InChI is InChI=1S/C15H16ClNO2/c1-10(14-9-11(16)3-8-15(14)18)17-12-4-6-13(19-2)7-5-12/h3-10,17-18H,1-2H3/t10-/m0/s1. The van der Waals surface area contributed by atoms with Crippen molar-refractivity contribution in [2.24, 2.45) is 0 Å². The molecule has 2 aromatic rings. The molecule has 1 atom stereocenters. The maximum atomic E-state index is 9.85. The summed E-state index contributed by atoms with van der Waals surface area (Å²) in [7, 11) is 1.63. The molecule has 0 saturated carbocycles. The number of phenolic OH excluding ortho intramolecular Hbond substituents is 1. The van der Waals surface area contributed by atoms with Gasteiger partial charge in [0.2, 0.25) is 0 Å². The number of aromatic hydroxyl groups is 1. The van der Waals surface area contributed by atoms with Crippen molar-refractivity contribution in [3.8, 4) is 11.5 Å². The highest BCUT2D eigenvalue weighted by Gasteiger charge is 2.10. The maximum Gasteiger partial charge on any atom is 0.120 e. The smallest absolute Gasteiger partial charge is 0.120 e. The lowest BCUT2D eigenvalue weighted by Crippen LogP contribution is -2.06. The van der Waals surface area contributed by atoms with E-state index in [9.17, 15) is 5.11 Å². The number of methoxy groups -OCH3 is 1. The lowest BCUT2D eigenvalue weighted by Gasteiger charge is -2.17. The molecule has 0 bridgehead atoms. The zero-order valence-corrected chi connectivity index (χ0v) is 11.6. The number of hydrogen-bond acceptors (Lipinski definition) is 3. The highest BCUT2D eigenvalue weighted by atomic mass is 35.5. The third kappa shape index (κ3) is 3.32. The van der Waals surface area contributed by atoms with Crippen LogP contribution in [0.5, 0.6) is 11.5 Å². The summed E-state index contributed by atoms with van der Waals surface area (Å²) in [6.45, 7) is 1.97. The number of phenols is 1. The van der Waals surface area contributed by atoms with Crippen LogP contribution >= 0.6 is 11.6 Å². The second-order valence-electron chi connectivity index (χ2n) is 4.30. The first-order valence-electron chi connectivity index (χ1n) is 5.99. The Labute approximate surface area is 117 Å². The summed E-state index contributed by atoms with van der Waals surface area (Å²) < 4.78 is 5.11. The zero-order valence-electron chi connectivity index (χ0n) is 10.9. The van der Waals surface area contributed by atoms with Crippen LogP contribution in [0.3, 0.4) is 0 Å². The minimum atomic E-state index is -0.0490. The Morgan fingerprint density at radius 2 is 1.84 bits per heavy atom. The van der Waals surface area contributed by atoms with Gasteiger partial charge in [0.25, 0.3) is 0 Å². The number of hydrogen-bond donors (Lipinski definition) is 2. The Balaban J connectivity index is 2.15. The van der Waals surface area contributed by atoms with Crippen LogP contribution in [0, 0.1) is 0 Å². The van der Waals surface area contributed by atoms with Crippen LogP contribution in [0.1, 0.15) is 18.5 Å². The van der Waals surface area contributed by atoms with E-state index in [0.29, 0.717) is 5.02 Å². The first kappa shape index (κ1) is 13.6. The van der Waals surface area contributed by atoms with Crippen molar-refractivity contribution in [1.29, 1.82) is 0 Å². The van der Waals surface area contributed by atoms with Gasteiger partial charge in [0.05, 0.1) is 13.2 Å². The summed E-state index contributed by atoms with van der Waals surface area (Å²) in [5.74, 6) is 1.04. The van der Waals surface area contributed by atoms with Gasteiger partial charge in [0.1, 0.15) is 11.5 Å². The molecule has 0 unspecified atom stereocenters. The monoisotopic (exact) mass is 277 g/mol. The fourth-order valence-corrected chi connectivity index (χ4v) is 2.07. The topological polar surface area (TPSA) is 41.5 Å². The van der Waals surface area contributed by atoms with E-state index < -0.39 is 0 Å². The van der Waals surface area contributed by atoms with Crippen molar-refractivity contribution < 1.29 is 9.84 Å². The highest BCUT2D eigenvalue weighted by Crippen LogP contribution is 2.29. The second kappa shape index (κ2) is 5.85. The van der Waals surface area contributed by atoms with E-state index in [-0.39, 0.29) is 11.8 Å². The van der Waals surface area contributed by atoms with Crippen molar-refractivity contribution in [2.75, 3.05) is 12.4 Å². The molecule has 3 nitrogen and oxygen atoms in total. The number of ether oxygens (including phenoxy) is 1. The van der Waals surface area contributed by atoms with Gasteiger partial charge in [-0.15, -0.1) is 0 Å². The lowest BCUT2D eigenvalue weighted by atomic mass is 10.1. The SMILES string of the molecule is COc1ccc(N[C@@H](C)c2cc(Cl)ccc2O)cc1. The molecular weight excluding hydrogens is 262 g/mol. The minimum absolute atomic E-state index is 0.0490. The van der Waals surface area contributed by atoms with Crippen LogP contribution in [0.2, 0.25) is 5.02 Å². The van der Waals surface area contributed by atoms with Crippen molar-refractivity contribution in [3.05, 3.63) is 53.1 Å². The fraction of sp³-hybridized carbons (Fsp3) is 0.200. The molecule has 2 N–H and O–H groups in total. The summed E-state index contributed by atoms with van der Waals surface area (Å²) in [4.78, 5) is 0. The van der Waals surface area contributed by atoms with E-state index in [1.54, 1.807) is 25.3 Å². The number of rotatable bonds is 4. The molecule has 0 aliphatic heterocycles. The first-order chi connectivity index (χ1) is 9.10. The van der Waals surface area contributed by atoms with E-state index >= 15 is 0 Å². The predicted molar refractivity (Wildman–Crippen MR) is 78.1 cm³/mol. The molecule has 0 amide bonds. The van der Waals surface area contributed by atoms with Gasteiger partial charge in [0, 0.05) is 16.3 Å². The minimum Gasteiger partial charge on any atom is -0.508 e. The van der Waals surface area contributed by atoms with Crippen LogP contribution in [-0.4, -0.2) is 12.2 Å². The molecule has 0 heterocycles. The fourth-order valence-electron chi connectivity index (χ4n) is 1.89. The molecule has 0 saturated heterocycles. The van der Waals surface area contributed by atoms with E-state index in [1.807, 2.05) is 31.2 Å². The Kier molecular flexibility index (Phi) is 4.17.